The number of allylic oxidation sites excluding steroid dienone is 1. The van der Waals surface area contributed by atoms with Gasteiger partial charge in [-0.3, -0.25) is 0 Å². The highest BCUT2D eigenvalue weighted by atomic mass is 16.5. The van der Waals surface area contributed by atoms with Crippen LogP contribution < -0.4 is 4.74 Å². The van der Waals surface area contributed by atoms with E-state index >= 15 is 0 Å². The van der Waals surface area contributed by atoms with Gasteiger partial charge in [-0.15, -0.1) is 0 Å². The molecule has 0 unspecified atom stereocenters. The summed E-state index contributed by atoms with van der Waals surface area (Å²) in [6.45, 7) is 3.12. The quantitative estimate of drug-likeness (QED) is 0.569. The van der Waals surface area contributed by atoms with Crippen LogP contribution in [-0.2, 0) is 4.74 Å². The van der Waals surface area contributed by atoms with Gasteiger partial charge in [0.15, 0.2) is 0 Å². The van der Waals surface area contributed by atoms with Gasteiger partial charge in [0.25, 0.3) is 0 Å². The van der Waals surface area contributed by atoms with E-state index in [1.165, 1.54) is 5.56 Å². The number of hydrogen-bond acceptors (Lipinski definition) is 2. The monoisotopic (exact) mass is 254 g/mol. The van der Waals surface area contributed by atoms with Crippen LogP contribution in [0.5, 0.6) is 5.75 Å². The Kier molecular flexibility index (Phi) is 5.06. The molecule has 2 aromatic rings. The SMILES string of the molecule is C/C(=C\OCCOc1ccccc1)c1ccccc1. The van der Waals surface area contributed by atoms with Crippen molar-refractivity contribution in [2.24, 2.45) is 0 Å². The minimum Gasteiger partial charge on any atom is -0.497 e. The second kappa shape index (κ2) is 7.27. The van der Waals surface area contributed by atoms with Crippen LogP contribution in [0.4, 0.5) is 0 Å². The number of benzene rings is 2. The maximum absolute atomic E-state index is 5.54. The largest absolute Gasteiger partial charge is 0.497 e. The molecule has 2 aromatic carbocycles. The molecule has 0 amide bonds. The standard InChI is InChI=1S/C17H18O2/c1-15(16-8-4-2-5-9-16)14-18-12-13-19-17-10-6-3-7-11-17/h2-11,14H,12-13H2,1H3/b15-14+. The van der Waals surface area contributed by atoms with Crippen molar-refractivity contribution < 1.29 is 9.47 Å². The Hall–Kier alpha value is -2.22. The van der Waals surface area contributed by atoms with Gasteiger partial charge in [0.05, 0.1) is 6.26 Å². The fourth-order valence-corrected chi connectivity index (χ4v) is 1.68. The van der Waals surface area contributed by atoms with Crippen LogP contribution in [0.2, 0.25) is 0 Å². The molecule has 0 aliphatic carbocycles. The summed E-state index contributed by atoms with van der Waals surface area (Å²) in [4.78, 5) is 0. The van der Waals surface area contributed by atoms with Crippen LogP contribution >= 0.6 is 0 Å². The molecular weight excluding hydrogens is 236 g/mol. The average molecular weight is 254 g/mol. The molecule has 2 rings (SSSR count). The third-order valence-electron chi connectivity index (χ3n) is 2.70. The molecule has 0 saturated carbocycles. The van der Waals surface area contributed by atoms with Gasteiger partial charge in [-0.25, -0.2) is 0 Å². The van der Waals surface area contributed by atoms with Gasteiger partial charge in [0, 0.05) is 0 Å². The molecular formula is C17H18O2. The van der Waals surface area contributed by atoms with Crippen molar-refractivity contribution in [3.05, 3.63) is 72.5 Å². The van der Waals surface area contributed by atoms with E-state index in [0.29, 0.717) is 13.2 Å². The van der Waals surface area contributed by atoms with Gasteiger partial charge in [-0.05, 0) is 30.2 Å². The summed E-state index contributed by atoms with van der Waals surface area (Å²) in [6, 6.07) is 19.9. The zero-order valence-corrected chi connectivity index (χ0v) is 11.1. The lowest BCUT2D eigenvalue weighted by atomic mass is 10.1. The van der Waals surface area contributed by atoms with Gasteiger partial charge >= 0.3 is 0 Å². The van der Waals surface area contributed by atoms with E-state index in [-0.39, 0.29) is 0 Å². The predicted molar refractivity (Wildman–Crippen MR) is 78.0 cm³/mol. The zero-order valence-electron chi connectivity index (χ0n) is 11.1. The first-order valence-electron chi connectivity index (χ1n) is 6.38. The van der Waals surface area contributed by atoms with Crippen LogP contribution in [0.1, 0.15) is 12.5 Å². The van der Waals surface area contributed by atoms with Crippen molar-refractivity contribution in [2.45, 2.75) is 6.92 Å². The van der Waals surface area contributed by atoms with Gasteiger partial charge in [-0.2, -0.15) is 0 Å². The van der Waals surface area contributed by atoms with Crippen molar-refractivity contribution in [1.29, 1.82) is 0 Å². The van der Waals surface area contributed by atoms with E-state index in [2.05, 4.69) is 12.1 Å². The lowest BCUT2D eigenvalue weighted by Crippen LogP contribution is -2.03. The summed E-state index contributed by atoms with van der Waals surface area (Å²) in [7, 11) is 0. The Balaban J connectivity index is 1.72. The summed E-state index contributed by atoms with van der Waals surface area (Å²) in [5, 5.41) is 0. The molecule has 0 aliphatic rings. The molecule has 0 aliphatic heterocycles. The third kappa shape index (κ3) is 4.51. The van der Waals surface area contributed by atoms with Gasteiger partial charge in [0.1, 0.15) is 19.0 Å². The number of rotatable bonds is 6. The molecule has 0 radical (unpaired) electrons. The lowest BCUT2D eigenvalue weighted by molar-refractivity contribution is 0.179. The minimum atomic E-state index is 0.541. The molecule has 0 saturated heterocycles. The highest BCUT2D eigenvalue weighted by Gasteiger charge is 1.94. The summed E-state index contributed by atoms with van der Waals surface area (Å²) < 4.78 is 11.0. The number of hydrogen-bond donors (Lipinski definition) is 0. The topological polar surface area (TPSA) is 18.5 Å². The highest BCUT2D eigenvalue weighted by molar-refractivity contribution is 5.62. The van der Waals surface area contributed by atoms with E-state index in [9.17, 15) is 0 Å². The Morgan fingerprint density at radius 3 is 2.21 bits per heavy atom. The average Bonchev–Trinajstić information content (AvgIpc) is 2.49. The van der Waals surface area contributed by atoms with Gasteiger partial charge in [0.2, 0.25) is 0 Å². The molecule has 2 nitrogen and oxygen atoms in total. The number of para-hydroxylation sites is 1. The maximum atomic E-state index is 5.54. The lowest BCUT2D eigenvalue weighted by Gasteiger charge is -2.06. The van der Waals surface area contributed by atoms with E-state index in [1.807, 2.05) is 55.5 Å². The first-order chi connectivity index (χ1) is 9.36. The summed E-state index contributed by atoms with van der Waals surface area (Å²) in [5.41, 5.74) is 2.28. The predicted octanol–water partition coefficient (Wildman–Crippen LogP) is 4.14. The maximum Gasteiger partial charge on any atom is 0.122 e. The van der Waals surface area contributed by atoms with Crippen LogP contribution in [0.25, 0.3) is 5.57 Å². The Labute approximate surface area is 114 Å². The molecule has 0 heterocycles. The van der Waals surface area contributed by atoms with Crippen molar-refractivity contribution in [3.63, 3.8) is 0 Å². The van der Waals surface area contributed by atoms with E-state index < -0.39 is 0 Å². The Morgan fingerprint density at radius 1 is 0.895 bits per heavy atom. The van der Waals surface area contributed by atoms with Crippen LogP contribution in [-0.4, -0.2) is 13.2 Å². The van der Waals surface area contributed by atoms with Crippen LogP contribution in [0.15, 0.2) is 66.9 Å². The fraction of sp³-hybridized carbons (Fsp3) is 0.176. The zero-order chi connectivity index (χ0) is 13.3. The van der Waals surface area contributed by atoms with E-state index in [4.69, 9.17) is 9.47 Å². The molecule has 0 atom stereocenters. The second-order valence-electron chi connectivity index (χ2n) is 4.20. The van der Waals surface area contributed by atoms with Crippen molar-refractivity contribution in [1.82, 2.24) is 0 Å². The van der Waals surface area contributed by atoms with Gasteiger partial charge < -0.3 is 9.47 Å². The van der Waals surface area contributed by atoms with E-state index in [1.54, 1.807) is 6.26 Å². The molecule has 0 N–H and O–H groups in total. The van der Waals surface area contributed by atoms with Crippen molar-refractivity contribution >= 4 is 5.57 Å². The first kappa shape index (κ1) is 13.2. The normalized spacial score (nSPS) is 11.1. The molecule has 98 valence electrons. The summed E-state index contributed by atoms with van der Waals surface area (Å²) in [6.07, 6.45) is 1.78. The molecule has 0 spiro atoms. The van der Waals surface area contributed by atoms with Crippen molar-refractivity contribution in [3.8, 4) is 5.75 Å². The smallest absolute Gasteiger partial charge is 0.122 e. The summed E-state index contributed by atoms with van der Waals surface area (Å²) >= 11 is 0. The molecule has 0 fully saturated rings. The number of ether oxygens (including phenoxy) is 2. The first-order valence-corrected chi connectivity index (χ1v) is 6.38. The highest BCUT2D eigenvalue weighted by Crippen LogP contribution is 2.12. The molecule has 2 heteroatoms. The second-order valence-corrected chi connectivity index (χ2v) is 4.20. The Morgan fingerprint density at radius 2 is 1.53 bits per heavy atom. The molecule has 19 heavy (non-hydrogen) atoms. The molecule has 0 aromatic heterocycles. The summed E-state index contributed by atoms with van der Waals surface area (Å²) in [5.74, 6) is 0.870. The van der Waals surface area contributed by atoms with Crippen LogP contribution in [0, 0.1) is 0 Å². The van der Waals surface area contributed by atoms with Crippen molar-refractivity contribution in [2.75, 3.05) is 13.2 Å². The van der Waals surface area contributed by atoms with Gasteiger partial charge in [-0.1, -0.05) is 48.5 Å². The minimum absolute atomic E-state index is 0.541. The fourth-order valence-electron chi connectivity index (χ4n) is 1.68. The Bertz CT molecular complexity index is 503. The molecule has 0 bridgehead atoms. The van der Waals surface area contributed by atoms with Crippen LogP contribution in [0.3, 0.4) is 0 Å². The van der Waals surface area contributed by atoms with E-state index in [0.717, 1.165) is 11.3 Å². The third-order valence-corrected chi connectivity index (χ3v) is 2.70.